The van der Waals surface area contributed by atoms with E-state index < -0.39 is 0 Å². The number of ether oxygens (including phenoxy) is 1. The molecule has 1 aromatic rings. The molecule has 4 heteroatoms. The molecule has 0 aliphatic heterocycles. The first-order chi connectivity index (χ1) is 9.12. The maximum absolute atomic E-state index is 6.07. The molecule has 1 aromatic carbocycles. The highest BCUT2D eigenvalue weighted by atomic mass is 35.5. The van der Waals surface area contributed by atoms with E-state index >= 15 is 0 Å². The molecule has 0 amide bonds. The van der Waals surface area contributed by atoms with Crippen molar-refractivity contribution in [2.75, 3.05) is 13.7 Å². The molecule has 1 rings (SSSR count). The molecule has 2 nitrogen and oxygen atoms in total. The lowest BCUT2D eigenvalue weighted by Crippen LogP contribution is -2.42. The molecule has 0 spiro atoms. The van der Waals surface area contributed by atoms with Crippen LogP contribution in [0.15, 0.2) is 18.2 Å². The zero-order valence-electron chi connectivity index (χ0n) is 11.9. The van der Waals surface area contributed by atoms with Crippen molar-refractivity contribution in [1.82, 2.24) is 5.32 Å². The predicted octanol–water partition coefficient (Wildman–Crippen LogP) is 4.33. The Kier molecular flexibility index (Phi) is 7.77. The summed E-state index contributed by atoms with van der Waals surface area (Å²) in [5.41, 5.74) is 1.18. The minimum absolute atomic E-state index is 0.209. The Labute approximate surface area is 126 Å². The molecule has 0 saturated carbocycles. The average molecular weight is 304 g/mol. The van der Waals surface area contributed by atoms with Crippen molar-refractivity contribution in [3.63, 3.8) is 0 Å². The number of hydrogen-bond acceptors (Lipinski definition) is 2. The van der Waals surface area contributed by atoms with Crippen LogP contribution in [0.25, 0.3) is 0 Å². The van der Waals surface area contributed by atoms with Crippen LogP contribution in [0.1, 0.15) is 32.3 Å². The Hall–Kier alpha value is -0.280. The second-order valence-electron chi connectivity index (χ2n) is 4.70. The smallest absolute Gasteiger partial charge is 0.0724 e. The lowest BCUT2D eigenvalue weighted by atomic mass is 9.99. The summed E-state index contributed by atoms with van der Waals surface area (Å²) in [5.74, 6) is 0. The monoisotopic (exact) mass is 303 g/mol. The topological polar surface area (TPSA) is 21.3 Å². The summed E-state index contributed by atoms with van der Waals surface area (Å²) >= 11 is 12.0. The SMILES string of the molecule is CCCNC(Cc1ccc(Cl)c(Cl)c1)C(CC)OC. The van der Waals surface area contributed by atoms with E-state index in [2.05, 4.69) is 19.2 Å². The van der Waals surface area contributed by atoms with Crippen LogP contribution in [0.4, 0.5) is 0 Å². The molecule has 108 valence electrons. The van der Waals surface area contributed by atoms with Crippen LogP contribution in [0, 0.1) is 0 Å². The number of nitrogens with one attached hydrogen (secondary N) is 1. The molecule has 0 aliphatic rings. The molecule has 0 saturated heterocycles. The molecule has 0 fully saturated rings. The summed E-state index contributed by atoms with van der Waals surface area (Å²) in [5, 5.41) is 4.76. The molecule has 0 radical (unpaired) electrons. The molecule has 2 atom stereocenters. The van der Waals surface area contributed by atoms with Gasteiger partial charge in [0.15, 0.2) is 0 Å². The first kappa shape index (κ1) is 16.8. The summed E-state index contributed by atoms with van der Waals surface area (Å²) in [6.45, 7) is 5.30. The van der Waals surface area contributed by atoms with Crippen molar-refractivity contribution in [3.05, 3.63) is 33.8 Å². The van der Waals surface area contributed by atoms with Gasteiger partial charge in [-0.05, 0) is 43.5 Å². The zero-order valence-corrected chi connectivity index (χ0v) is 13.4. The fourth-order valence-corrected chi connectivity index (χ4v) is 2.52. The van der Waals surface area contributed by atoms with Gasteiger partial charge in [-0.15, -0.1) is 0 Å². The standard InChI is InChI=1S/C15H23Cl2NO/c1-4-8-18-14(15(5-2)19-3)10-11-6-7-12(16)13(17)9-11/h6-7,9,14-15,18H,4-5,8,10H2,1-3H3. The van der Waals surface area contributed by atoms with Gasteiger partial charge < -0.3 is 10.1 Å². The van der Waals surface area contributed by atoms with E-state index in [-0.39, 0.29) is 6.10 Å². The number of methoxy groups -OCH3 is 1. The number of halogens is 2. The highest BCUT2D eigenvalue weighted by molar-refractivity contribution is 6.42. The van der Waals surface area contributed by atoms with Gasteiger partial charge in [-0.3, -0.25) is 0 Å². The van der Waals surface area contributed by atoms with Crippen molar-refractivity contribution in [2.45, 2.75) is 45.3 Å². The number of benzene rings is 1. The molecule has 0 heterocycles. The minimum Gasteiger partial charge on any atom is -0.380 e. The van der Waals surface area contributed by atoms with Crippen LogP contribution in [-0.4, -0.2) is 25.8 Å². The number of hydrogen-bond donors (Lipinski definition) is 1. The van der Waals surface area contributed by atoms with Gasteiger partial charge in [0.05, 0.1) is 16.1 Å². The second kappa shape index (κ2) is 8.80. The molecular weight excluding hydrogens is 281 g/mol. The van der Waals surface area contributed by atoms with Gasteiger partial charge in [-0.1, -0.05) is 43.1 Å². The largest absolute Gasteiger partial charge is 0.380 e. The third-order valence-corrected chi connectivity index (χ3v) is 3.99. The maximum Gasteiger partial charge on any atom is 0.0724 e. The Morgan fingerprint density at radius 1 is 1.21 bits per heavy atom. The summed E-state index contributed by atoms with van der Waals surface area (Å²) in [4.78, 5) is 0. The first-order valence-electron chi connectivity index (χ1n) is 6.82. The summed E-state index contributed by atoms with van der Waals surface area (Å²) in [7, 11) is 1.77. The van der Waals surface area contributed by atoms with Gasteiger partial charge in [0.1, 0.15) is 0 Å². The molecule has 0 aromatic heterocycles. The van der Waals surface area contributed by atoms with E-state index in [9.17, 15) is 0 Å². The molecule has 2 unspecified atom stereocenters. The van der Waals surface area contributed by atoms with Gasteiger partial charge in [0.2, 0.25) is 0 Å². The van der Waals surface area contributed by atoms with E-state index in [0.717, 1.165) is 25.8 Å². The first-order valence-corrected chi connectivity index (χ1v) is 7.58. The van der Waals surface area contributed by atoms with Crippen LogP contribution in [0.3, 0.4) is 0 Å². The van der Waals surface area contributed by atoms with E-state index in [0.29, 0.717) is 16.1 Å². The quantitative estimate of drug-likeness (QED) is 0.772. The van der Waals surface area contributed by atoms with Gasteiger partial charge in [0.25, 0.3) is 0 Å². The molecule has 19 heavy (non-hydrogen) atoms. The van der Waals surface area contributed by atoms with Crippen molar-refractivity contribution < 1.29 is 4.74 Å². The lowest BCUT2D eigenvalue weighted by molar-refractivity contribution is 0.0653. The Morgan fingerprint density at radius 2 is 1.95 bits per heavy atom. The molecular formula is C15H23Cl2NO. The third kappa shape index (κ3) is 5.31. The highest BCUT2D eigenvalue weighted by Gasteiger charge is 2.19. The minimum atomic E-state index is 0.209. The van der Waals surface area contributed by atoms with Crippen molar-refractivity contribution in [2.24, 2.45) is 0 Å². The van der Waals surface area contributed by atoms with E-state index in [4.69, 9.17) is 27.9 Å². The van der Waals surface area contributed by atoms with Crippen LogP contribution >= 0.6 is 23.2 Å². The maximum atomic E-state index is 6.07. The van der Waals surface area contributed by atoms with E-state index in [1.807, 2.05) is 18.2 Å². The zero-order chi connectivity index (χ0) is 14.3. The van der Waals surface area contributed by atoms with Gasteiger partial charge in [-0.25, -0.2) is 0 Å². The molecule has 0 aliphatic carbocycles. The van der Waals surface area contributed by atoms with Crippen LogP contribution in [0.5, 0.6) is 0 Å². The van der Waals surface area contributed by atoms with Gasteiger partial charge in [0, 0.05) is 13.2 Å². The van der Waals surface area contributed by atoms with Crippen molar-refractivity contribution >= 4 is 23.2 Å². The van der Waals surface area contributed by atoms with Crippen LogP contribution in [-0.2, 0) is 11.2 Å². The summed E-state index contributed by atoms with van der Waals surface area (Å²) in [6, 6.07) is 6.11. The predicted molar refractivity (Wildman–Crippen MR) is 83.3 cm³/mol. The lowest BCUT2D eigenvalue weighted by Gasteiger charge is -2.26. The number of rotatable bonds is 8. The van der Waals surface area contributed by atoms with Crippen molar-refractivity contribution in [1.29, 1.82) is 0 Å². The highest BCUT2D eigenvalue weighted by Crippen LogP contribution is 2.23. The Balaban J connectivity index is 2.77. The van der Waals surface area contributed by atoms with Gasteiger partial charge in [-0.2, -0.15) is 0 Å². The Morgan fingerprint density at radius 3 is 2.47 bits per heavy atom. The summed E-state index contributed by atoms with van der Waals surface area (Å²) < 4.78 is 5.56. The second-order valence-corrected chi connectivity index (χ2v) is 5.51. The van der Waals surface area contributed by atoms with E-state index in [1.165, 1.54) is 5.56 Å². The normalized spacial score (nSPS) is 14.4. The fourth-order valence-electron chi connectivity index (χ4n) is 2.20. The molecule has 1 N–H and O–H groups in total. The fraction of sp³-hybridized carbons (Fsp3) is 0.600. The van der Waals surface area contributed by atoms with Crippen LogP contribution in [0.2, 0.25) is 10.0 Å². The average Bonchev–Trinajstić information content (AvgIpc) is 2.41. The Bertz CT molecular complexity index is 380. The van der Waals surface area contributed by atoms with Crippen molar-refractivity contribution in [3.8, 4) is 0 Å². The van der Waals surface area contributed by atoms with Gasteiger partial charge >= 0.3 is 0 Å². The van der Waals surface area contributed by atoms with E-state index in [1.54, 1.807) is 7.11 Å². The molecule has 0 bridgehead atoms. The summed E-state index contributed by atoms with van der Waals surface area (Å²) in [6.07, 6.45) is 3.20. The van der Waals surface area contributed by atoms with Crippen LogP contribution < -0.4 is 5.32 Å². The third-order valence-electron chi connectivity index (χ3n) is 3.25.